The molecule has 0 aromatic heterocycles. The molecule has 0 aliphatic carbocycles. The minimum absolute atomic E-state index is 0.288. The van der Waals surface area contributed by atoms with Crippen LogP contribution in [0.25, 0.3) is 0 Å². The second-order valence-corrected chi connectivity index (χ2v) is 5.32. The maximum absolute atomic E-state index is 14.2. The molecule has 0 fully saturated rings. The van der Waals surface area contributed by atoms with Crippen LogP contribution in [0.3, 0.4) is 0 Å². The topological polar surface area (TPSA) is 41.7 Å². The number of fused-ring (bicyclic) bond motifs is 3. The fourth-order valence-electron chi connectivity index (χ4n) is 3.00. The smallest absolute Gasteiger partial charge is 0.270 e. The maximum Gasteiger partial charge on any atom is 0.270 e. The SMILES string of the molecule is [O-][N+]1=C(c2ccccc2F)C2=NCCCN2c2ccccc21. The molecule has 5 heteroatoms. The summed E-state index contributed by atoms with van der Waals surface area (Å²) in [5.41, 5.74) is 1.94. The molecule has 0 atom stereocenters. The second kappa shape index (κ2) is 4.94. The standard InChI is InChI=1S/C17H14FN3O/c18-13-7-2-1-6-12(13)16-17-19-10-5-11-20(17)14-8-3-4-9-15(14)21(16)22/h1-4,6-9H,5,10-11H2. The Bertz CT molecular complexity index is 813. The van der Waals surface area contributed by atoms with Crippen LogP contribution in [0.5, 0.6) is 0 Å². The van der Waals surface area contributed by atoms with Crippen LogP contribution in [0.15, 0.2) is 53.5 Å². The van der Waals surface area contributed by atoms with Crippen molar-refractivity contribution in [2.45, 2.75) is 6.42 Å². The fraction of sp³-hybridized carbons (Fsp3) is 0.176. The summed E-state index contributed by atoms with van der Waals surface area (Å²) in [5, 5.41) is 12.8. The molecule has 0 unspecified atom stereocenters. The van der Waals surface area contributed by atoms with Gasteiger partial charge in [-0.3, -0.25) is 4.99 Å². The number of hydrogen-bond donors (Lipinski definition) is 0. The predicted molar refractivity (Wildman–Crippen MR) is 84.5 cm³/mol. The molecular formula is C17H14FN3O. The Balaban J connectivity index is 2.03. The van der Waals surface area contributed by atoms with Gasteiger partial charge in [-0.05, 0) is 24.6 Å². The zero-order valence-corrected chi connectivity index (χ0v) is 11.9. The Labute approximate surface area is 127 Å². The van der Waals surface area contributed by atoms with Crippen LogP contribution in [0.1, 0.15) is 12.0 Å². The van der Waals surface area contributed by atoms with Crippen molar-refractivity contribution in [3.63, 3.8) is 0 Å². The number of aliphatic imine (C=N–C) groups is 1. The van der Waals surface area contributed by atoms with Crippen LogP contribution in [0.4, 0.5) is 15.8 Å². The van der Waals surface area contributed by atoms with E-state index in [2.05, 4.69) is 4.99 Å². The molecule has 0 amide bonds. The van der Waals surface area contributed by atoms with Crippen molar-refractivity contribution in [3.05, 3.63) is 65.1 Å². The van der Waals surface area contributed by atoms with Gasteiger partial charge in [0.25, 0.3) is 5.71 Å². The number of halogens is 1. The Morgan fingerprint density at radius 1 is 1.09 bits per heavy atom. The van der Waals surface area contributed by atoms with Crippen molar-refractivity contribution >= 4 is 22.9 Å². The summed E-state index contributed by atoms with van der Waals surface area (Å²) in [6.45, 7) is 1.43. The third kappa shape index (κ3) is 1.82. The first-order valence-electron chi connectivity index (χ1n) is 7.28. The van der Waals surface area contributed by atoms with Crippen molar-refractivity contribution in [3.8, 4) is 0 Å². The van der Waals surface area contributed by atoms with Crippen molar-refractivity contribution in [2.24, 2.45) is 4.99 Å². The lowest BCUT2D eigenvalue weighted by Crippen LogP contribution is -2.46. The van der Waals surface area contributed by atoms with Gasteiger partial charge in [-0.15, -0.1) is 0 Å². The van der Waals surface area contributed by atoms with E-state index in [0.29, 0.717) is 18.1 Å². The summed E-state index contributed by atoms with van der Waals surface area (Å²) < 4.78 is 15.0. The van der Waals surface area contributed by atoms with Gasteiger partial charge in [0.05, 0.1) is 5.56 Å². The van der Waals surface area contributed by atoms with Crippen LogP contribution in [-0.4, -0.2) is 29.4 Å². The van der Waals surface area contributed by atoms with Crippen molar-refractivity contribution in [1.82, 2.24) is 0 Å². The summed E-state index contributed by atoms with van der Waals surface area (Å²) in [6.07, 6.45) is 0.918. The highest BCUT2D eigenvalue weighted by Crippen LogP contribution is 2.34. The van der Waals surface area contributed by atoms with E-state index in [1.165, 1.54) is 6.07 Å². The van der Waals surface area contributed by atoms with E-state index in [1.54, 1.807) is 24.3 Å². The molecule has 0 saturated carbocycles. The zero-order valence-electron chi connectivity index (χ0n) is 11.9. The number of amidine groups is 1. The summed E-state index contributed by atoms with van der Waals surface area (Å²) in [7, 11) is 0. The lowest BCUT2D eigenvalue weighted by atomic mass is 10.0. The highest BCUT2D eigenvalue weighted by Gasteiger charge is 2.37. The summed E-state index contributed by atoms with van der Waals surface area (Å²) in [6, 6.07) is 13.7. The first-order chi connectivity index (χ1) is 10.8. The van der Waals surface area contributed by atoms with E-state index >= 15 is 0 Å². The predicted octanol–water partition coefficient (Wildman–Crippen LogP) is 3.08. The minimum atomic E-state index is -0.411. The van der Waals surface area contributed by atoms with Crippen molar-refractivity contribution in [1.29, 1.82) is 0 Å². The Kier molecular flexibility index (Phi) is 2.92. The number of nitrogens with zero attached hydrogens (tertiary/aromatic N) is 3. The van der Waals surface area contributed by atoms with E-state index in [1.807, 2.05) is 23.1 Å². The van der Waals surface area contributed by atoms with Gasteiger partial charge in [-0.2, -0.15) is 4.74 Å². The minimum Gasteiger partial charge on any atom is -0.618 e. The molecule has 0 N–H and O–H groups in total. The summed E-state index contributed by atoms with van der Waals surface area (Å²) in [5.74, 6) is 0.149. The molecule has 4 rings (SSSR count). The molecule has 2 heterocycles. The van der Waals surface area contributed by atoms with E-state index in [9.17, 15) is 9.60 Å². The lowest BCUT2D eigenvalue weighted by molar-refractivity contribution is -0.358. The average Bonchev–Trinajstić information content (AvgIpc) is 2.57. The Morgan fingerprint density at radius 3 is 2.73 bits per heavy atom. The van der Waals surface area contributed by atoms with Crippen LogP contribution >= 0.6 is 0 Å². The van der Waals surface area contributed by atoms with Gasteiger partial charge in [0, 0.05) is 19.2 Å². The van der Waals surface area contributed by atoms with E-state index < -0.39 is 5.82 Å². The molecule has 0 radical (unpaired) electrons. The largest absolute Gasteiger partial charge is 0.618 e. The third-order valence-electron chi connectivity index (χ3n) is 3.99. The third-order valence-corrected chi connectivity index (χ3v) is 3.99. The maximum atomic E-state index is 14.2. The number of anilines is 1. The van der Waals surface area contributed by atoms with Crippen LogP contribution in [0.2, 0.25) is 0 Å². The van der Waals surface area contributed by atoms with Gasteiger partial charge in [0.2, 0.25) is 11.5 Å². The Hall–Kier alpha value is -2.69. The highest BCUT2D eigenvalue weighted by molar-refractivity contribution is 6.51. The molecule has 0 bridgehead atoms. The normalized spacial score (nSPS) is 17.0. The molecule has 2 aromatic rings. The van der Waals surface area contributed by atoms with Gasteiger partial charge < -0.3 is 10.1 Å². The number of rotatable bonds is 1. The zero-order chi connectivity index (χ0) is 15.1. The molecule has 110 valence electrons. The number of hydrogen-bond acceptors (Lipinski definition) is 3. The van der Waals surface area contributed by atoms with Gasteiger partial charge in [0.15, 0.2) is 0 Å². The van der Waals surface area contributed by atoms with Gasteiger partial charge in [0.1, 0.15) is 11.5 Å². The summed E-state index contributed by atoms with van der Waals surface area (Å²) in [4.78, 5) is 6.51. The molecule has 2 aromatic carbocycles. The average molecular weight is 295 g/mol. The van der Waals surface area contributed by atoms with Crippen molar-refractivity contribution < 1.29 is 9.13 Å². The van der Waals surface area contributed by atoms with E-state index in [0.717, 1.165) is 23.4 Å². The molecule has 0 spiro atoms. The quantitative estimate of drug-likeness (QED) is 0.599. The monoisotopic (exact) mass is 295 g/mol. The molecule has 0 saturated heterocycles. The molecule has 22 heavy (non-hydrogen) atoms. The van der Waals surface area contributed by atoms with Gasteiger partial charge in [-0.25, -0.2) is 4.39 Å². The van der Waals surface area contributed by atoms with Crippen LogP contribution < -0.4 is 4.90 Å². The molecular weight excluding hydrogens is 281 g/mol. The highest BCUT2D eigenvalue weighted by atomic mass is 19.1. The summed E-state index contributed by atoms with van der Waals surface area (Å²) >= 11 is 0. The fourth-order valence-corrected chi connectivity index (χ4v) is 3.00. The lowest BCUT2D eigenvalue weighted by Gasteiger charge is -2.33. The van der Waals surface area contributed by atoms with Gasteiger partial charge >= 0.3 is 0 Å². The number of benzene rings is 2. The van der Waals surface area contributed by atoms with Crippen LogP contribution in [-0.2, 0) is 0 Å². The molecule has 2 aliphatic heterocycles. The van der Waals surface area contributed by atoms with Crippen molar-refractivity contribution in [2.75, 3.05) is 18.0 Å². The van der Waals surface area contributed by atoms with Crippen LogP contribution in [0, 0.1) is 11.0 Å². The first-order valence-corrected chi connectivity index (χ1v) is 7.28. The Morgan fingerprint density at radius 2 is 1.86 bits per heavy atom. The molecule has 4 nitrogen and oxygen atoms in total. The van der Waals surface area contributed by atoms with Gasteiger partial charge in [-0.1, -0.05) is 24.3 Å². The number of para-hydroxylation sites is 2. The van der Waals surface area contributed by atoms with E-state index in [-0.39, 0.29) is 11.3 Å². The second-order valence-electron chi connectivity index (χ2n) is 5.32. The molecule has 2 aliphatic rings. The van der Waals surface area contributed by atoms with E-state index in [4.69, 9.17) is 0 Å². The first kappa shape index (κ1) is 13.0.